The number of carbonyl (C=O) groups is 1. The average molecular weight is 324 g/mol. The van der Waals surface area contributed by atoms with Crippen molar-refractivity contribution in [1.29, 1.82) is 0 Å². The van der Waals surface area contributed by atoms with Crippen molar-refractivity contribution in [2.75, 3.05) is 6.61 Å². The van der Waals surface area contributed by atoms with E-state index in [2.05, 4.69) is 10.3 Å². The largest absolute Gasteiger partial charge is 0.483 e. The van der Waals surface area contributed by atoms with Crippen molar-refractivity contribution in [3.63, 3.8) is 0 Å². The first-order valence-electron chi connectivity index (χ1n) is 6.86. The maximum absolute atomic E-state index is 12.8. The van der Waals surface area contributed by atoms with Crippen molar-refractivity contribution in [2.24, 2.45) is 0 Å². The van der Waals surface area contributed by atoms with E-state index in [9.17, 15) is 18.0 Å². The minimum Gasteiger partial charge on any atom is -0.483 e. The van der Waals surface area contributed by atoms with Gasteiger partial charge in [0.1, 0.15) is 5.75 Å². The number of para-hydroxylation sites is 1. The second-order valence-electron chi connectivity index (χ2n) is 4.86. The van der Waals surface area contributed by atoms with Gasteiger partial charge in [0.2, 0.25) is 0 Å². The molecule has 1 aromatic heterocycles. The number of carbonyl (C=O) groups excluding carboxylic acids is 1. The molecule has 1 heterocycles. The third-order valence-corrected chi connectivity index (χ3v) is 3.11. The zero-order valence-electron chi connectivity index (χ0n) is 12.3. The summed E-state index contributed by atoms with van der Waals surface area (Å²) in [7, 11) is 0. The fourth-order valence-corrected chi connectivity index (χ4v) is 1.97. The topological polar surface area (TPSA) is 51.2 Å². The van der Waals surface area contributed by atoms with Crippen LogP contribution in [0, 0.1) is 0 Å². The summed E-state index contributed by atoms with van der Waals surface area (Å²) in [4.78, 5) is 15.8. The molecule has 0 aliphatic rings. The molecule has 2 aromatic rings. The molecule has 2 rings (SSSR count). The highest BCUT2D eigenvalue weighted by molar-refractivity contribution is 5.78. The fraction of sp³-hybridized carbons (Fsp3) is 0.250. The normalized spacial score (nSPS) is 12.5. The summed E-state index contributed by atoms with van der Waals surface area (Å²) < 4.78 is 43.5. The Balaban J connectivity index is 1.95. The van der Waals surface area contributed by atoms with Gasteiger partial charge in [0.05, 0.1) is 11.6 Å². The van der Waals surface area contributed by atoms with Crippen molar-refractivity contribution >= 4 is 5.91 Å². The second-order valence-corrected chi connectivity index (χ2v) is 4.86. The second kappa shape index (κ2) is 7.13. The number of hydrogen-bond donors (Lipinski definition) is 1. The van der Waals surface area contributed by atoms with Gasteiger partial charge in [0.25, 0.3) is 5.91 Å². The third kappa shape index (κ3) is 4.70. The van der Waals surface area contributed by atoms with E-state index in [1.807, 2.05) is 0 Å². The van der Waals surface area contributed by atoms with Crippen LogP contribution in [0.1, 0.15) is 24.1 Å². The Morgan fingerprint density at radius 2 is 2.00 bits per heavy atom. The van der Waals surface area contributed by atoms with Crippen LogP contribution in [0.25, 0.3) is 0 Å². The summed E-state index contributed by atoms with van der Waals surface area (Å²) in [6.07, 6.45) is -1.32. The molecule has 0 aliphatic carbocycles. The van der Waals surface area contributed by atoms with E-state index < -0.39 is 24.3 Å². The Bertz CT molecular complexity index is 660. The SMILES string of the molecule is C[C@@H](NC(=O)COc1ccccc1C(F)(F)F)c1cccnc1. The first-order chi connectivity index (χ1) is 10.9. The summed E-state index contributed by atoms with van der Waals surface area (Å²) in [6.45, 7) is 1.25. The number of nitrogens with one attached hydrogen (secondary N) is 1. The van der Waals surface area contributed by atoms with Crippen molar-refractivity contribution in [2.45, 2.75) is 19.1 Å². The Hall–Kier alpha value is -2.57. The van der Waals surface area contributed by atoms with E-state index in [4.69, 9.17) is 4.74 Å². The number of halogens is 3. The van der Waals surface area contributed by atoms with Crippen molar-refractivity contribution in [1.82, 2.24) is 10.3 Å². The molecule has 1 N–H and O–H groups in total. The molecule has 0 spiro atoms. The minimum atomic E-state index is -4.53. The molecule has 23 heavy (non-hydrogen) atoms. The molecule has 1 amide bonds. The Labute approximate surface area is 131 Å². The van der Waals surface area contributed by atoms with E-state index in [-0.39, 0.29) is 11.8 Å². The molecule has 1 atom stereocenters. The summed E-state index contributed by atoms with van der Waals surface area (Å²) in [5.41, 5.74) is -0.121. The number of hydrogen-bond acceptors (Lipinski definition) is 3. The van der Waals surface area contributed by atoms with Gasteiger partial charge in [-0.3, -0.25) is 9.78 Å². The Morgan fingerprint density at radius 3 is 2.65 bits per heavy atom. The summed E-state index contributed by atoms with van der Waals surface area (Å²) in [5.74, 6) is -0.887. The third-order valence-electron chi connectivity index (χ3n) is 3.11. The lowest BCUT2D eigenvalue weighted by Gasteiger charge is -2.16. The summed E-state index contributed by atoms with van der Waals surface area (Å²) >= 11 is 0. The van der Waals surface area contributed by atoms with Crippen LogP contribution in [-0.4, -0.2) is 17.5 Å². The Morgan fingerprint density at radius 1 is 1.26 bits per heavy atom. The monoisotopic (exact) mass is 324 g/mol. The molecule has 122 valence electrons. The van der Waals surface area contributed by atoms with E-state index in [0.717, 1.165) is 11.6 Å². The number of nitrogens with zero attached hydrogens (tertiary/aromatic N) is 1. The lowest BCUT2D eigenvalue weighted by Crippen LogP contribution is -2.31. The van der Waals surface area contributed by atoms with Crippen LogP contribution < -0.4 is 10.1 Å². The van der Waals surface area contributed by atoms with E-state index in [1.54, 1.807) is 31.5 Å². The van der Waals surface area contributed by atoms with Gasteiger partial charge in [-0.2, -0.15) is 13.2 Å². The smallest absolute Gasteiger partial charge is 0.419 e. The fourth-order valence-electron chi connectivity index (χ4n) is 1.97. The zero-order valence-corrected chi connectivity index (χ0v) is 12.3. The van der Waals surface area contributed by atoms with Gasteiger partial charge in [-0.15, -0.1) is 0 Å². The number of pyridine rings is 1. The molecule has 4 nitrogen and oxygen atoms in total. The standard InChI is InChI=1S/C16H15F3N2O2/c1-11(12-5-4-8-20-9-12)21-15(22)10-23-14-7-3-2-6-13(14)16(17,18)19/h2-9,11H,10H2,1H3,(H,21,22)/t11-/m1/s1. The predicted molar refractivity (Wildman–Crippen MR) is 77.7 cm³/mol. The molecule has 0 aliphatic heterocycles. The molecule has 0 unspecified atom stereocenters. The lowest BCUT2D eigenvalue weighted by atomic mass is 10.1. The Kier molecular flexibility index (Phi) is 5.20. The minimum absolute atomic E-state index is 0.322. The molecular weight excluding hydrogens is 309 g/mol. The number of amides is 1. The van der Waals surface area contributed by atoms with Gasteiger partial charge in [0, 0.05) is 12.4 Å². The van der Waals surface area contributed by atoms with Gasteiger partial charge >= 0.3 is 6.18 Å². The van der Waals surface area contributed by atoms with Crippen molar-refractivity contribution in [3.05, 3.63) is 59.9 Å². The predicted octanol–water partition coefficient (Wildman–Crippen LogP) is 3.36. The van der Waals surface area contributed by atoms with Crippen LogP contribution >= 0.6 is 0 Å². The maximum atomic E-state index is 12.8. The van der Waals surface area contributed by atoms with Gasteiger partial charge in [0.15, 0.2) is 6.61 Å². The van der Waals surface area contributed by atoms with E-state index in [1.165, 1.54) is 18.2 Å². The molecule has 0 bridgehead atoms. The van der Waals surface area contributed by atoms with Gasteiger partial charge in [-0.25, -0.2) is 0 Å². The van der Waals surface area contributed by atoms with Gasteiger partial charge < -0.3 is 10.1 Å². The van der Waals surface area contributed by atoms with Crippen LogP contribution in [0.5, 0.6) is 5.75 Å². The zero-order chi connectivity index (χ0) is 16.9. The van der Waals surface area contributed by atoms with Crippen LogP contribution in [0.3, 0.4) is 0 Å². The molecule has 0 saturated carbocycles. The number of benzene rings is 1. The molecule has 0 radical (unpaired) electrons. The summed E-state index contributed by atoms with van der Waals surface area (Å²) in [6, 6.07) is 7.97. The van der Waals surface area contributed by atoms with E-state index in [0.29, 0.717) is 0 Å². The quantitative estimate of drug-likeness (QED) is 0.917. The number of aromatic nitrogens is 1. The molecule has 0 saturated heterocycles. The highest BCUT2D eigenvalue weighted by Gasteiger charge is 2.34. The highest BCUT2D eigenvalue weighted by atomic mass is 19.4. The van der Waals surface area contributed by atoms with Crippen LogP contribution in [0.15, 0.2) is 48.8 Å². The van der Waals surface area contributed by atoms with Crippen LogP contribution in [0.2, 0.25) is 0 Å². The molecular formula is C16H15F3N2O2. The van der Waals surface area contributed by atoms with Crippen LogP contribution in [-0.2, 0) is 11.0 Å². The molecule has 7 heteroatoms. The first kappa shape index (κ1) is 16.8. The summed E-state index contributed by atoms with van der Waals surface area (Å²) in [5, 5.41) is 2.64. The highest BCUT2D eigenvalue weighted by Crippen LogP contribution is 2.35. The maximum Gasteiger partial charge on any atom is 0.419 e. The molecule has 0 fully saturated rings. The van der Waals surface area contributed by atoms with Gasteiger partial charge in [-0.1, -0.05) is 18.2 Å². The molecule has 1 aromatic carbocycles. The number of alkyl halides is 3. The van der Waals surface area contributed by atoms with E-state index >= 15 is 0 Å². The number of rotatable bonds is 5. The first-order valence-corrected chi connectivity index (χ1v) is 6.86. The van der Waals surface area contributed by atoms with Crippen molar-refractivity contribution in [3.8, 4) is 5.75 Å². The number of ether oxygens (including phenoxy) is 1. The van der Waals surface area contributed by atoms with Gasteiger partial charge in [-0.05, 0) is 30.7 Å². The average Bonchev–Trinajstić information content (AvgIpc) is 2.53. The van der Waals surface area contributed by atoms with Crippen molar-refractivity contribution < 1.29 is 22.7 Å². The lowest BCUT2D eigenvalue weighted by molar-refractivity contribution is -0.139. The van der Waals surface area contributed by atoms with Crippen LogP contribution in [0.4, 0.5) is 13.2 Å².